The van der Waals surface area contributed by atoms with Crippen molar-refractivity contribution in [2.75, 3.05) is 19.7 Å². The molecule has 2 rings (SSSR count). The molecule has 8 amide bonds. The molecule has 0 fully saturated rings. The molecule has 2 aromatic rings. The molecular formula is C43H63N11O17. The molecule has 0 saturated heterocycles. The van der Waals surface area contributed by atoms with E-state index in [9.17, 15) is 78.0 Å². The van der Waals surface area contributed by atoms with Crippen LogP contribution in [-0.2, 0) is 64.0 Å². The van der Waals surface area contributed by atoms with E-state index in [-0.39, 0.29) is 25.8 Å². The number of H-pyrrole nitrogens is 1. The molecule has 0 aliphatic heterocycles. The molecule has 28 heteroatoms. The molecule has 1 aromatic carbocycles. The van der Waals surface area contributed by atoms with E-state index in [0.29, 0.717) is 29.3 Å². The fourth-order valence-corrected chi connectivity index (χ4v) is 6.71. The lowest BCUT2D eigenvalue weighted by Gasteiger charge is -2.27. The van der Waals surface area contributed by atoms with Gasteiger partial charge in [0.15, 0.2) is 0 Å². The van der Waals surface area contributed by atoms with Crippen LogP contribution in [0.15, 0.2) is 30.5 Å². The molecule has 0 aliphatic rings. The summed E-state index contributed by atoms with van der Waals surface area (Å²) in [7, 11) is 0. The maximum atomic E-state index is 13.9. The fourth-order valence-electron chi connectivity index (χ4n) is 6.71. The first-order valence-electron chi connectivity index (χ1n) is 22.3. The molecule has 0 bridgehead atoms. The number of benzene rings is 1. The van der Waals surface area contributed by atoms with E-state index >= 15 is 0 Å². The molecule has 1 aromatic heterocycles. The third-order valence-electron chi connectivity index (χ3n) is 10.9. The second-order valence-electron chi connectivity index (χ2n) is 16.5. The zero-order valence-electron chi connectivity index (χ0n) is 39.2. The lowest BCUT2D eigenvalue weighted by molar-refractivity contribution is -0.144. The Morgan fingerprint density at radius 2 is 1.17 bits per heavy atom. The van der Waals surface area contributed by atoms with Crippen LogP contribution in [0.5, 0.6) is 0 Å². The van der Waals surface area contributed by atoms with Crippen molar-refractivity contribution in [3.63, 3.8) is 0 Å². The number of para-hydroxylation sites is 1. The van der Waals surface area contributed by atoms with Crippen LogP contribution in [0.4, 0.5) is 0 Å². The average Bonchev–Trinajstić information content (AvgIpc) is 3.71. The predicted octanol–water partition coefficient (Wildman–Crippen LogP) is -4.76. The molecule has 71 heavy (non-hydrogen) atoms. The van der Waals surface area contributed by atoms with Gasteiger partial charge in [-0.2, -0.15) is 0 Å². The third kappa shape index (κ3) is 20.0. The summed E-state index contributed by atoms with van der Waals surface area (Å²) in [6, 6.07) is -5.96. The number of aliphatic hydroxyl groups is 1. The van der Waals surface area contributed by atoms with Gasteiger partial charge in [0.1, 0.15) is 42.3 Å². The zero-order chi connectivity index (χ0) is 53.5. The minimum Gasteiger partial charge on any atom is -0.481 e. The van der Waals surface area contributed by atoms with Crippen LogP contribution in [0, 0.1) is 5.92 Å². The molecule has 18 N–H and O–H groups in total. The number of aliphatic hydroxyl groups excluding tert-OH is 1. The summed E-state index contributed by atoms with van der Waals surface area (Å²) in [6.45, 7) is 2.70. The van der Waals surface area contributed by atoms with Crippen LogP contribution in [-0.4, -0.2) is 170 Å². The normalized spacial score (nSPS) is 14.8. The van der Waals surface area contributed by atoms with E-state index in [1.165, 1.54) is 0 Å². The number of fused-ring (bicyclic) bond motifs is 1. The van der Waals surface area contributed by atoms with Crippen molar-refractivity contribution < 1.29 is 83.1 Å². The van der Waals surface area contributed by atoms with Gasteiger partial charge in [0, 0.05) is 23.5 Å². The number of nitrogens with one attached hydrogen (secondary N) is 9. The number of aliphatic carboxylic acids is 4. The lowest BCUT2D eigenvalue weighted by atomic mass is 9.96. The van der Waals surface area contributed by atoms with Crippen molar-refractivity contribution >= 4 is 82.0 Å². The van der Waals surface area contributed by atoms with Gasteiger partial charge in [-0.1, -0.05) is 38.5 Å². The number of hydrogen-bond donors (Lipinski definition) is 16. The minimum atomic E-state index is -1.90. The Balaban J connectivity index is 2.25. The molecule has 1 heterocycles. The second-order valence-corrected chi connectivity index (χ2v) is 16.5. The molecule has 0 radical (unpaired) electrons. The van der Waals surface area contributed by atoms with Gasteiger partial charge in [-0.05, 0) is 50.3 Å². The molecule has 28 nitrogen and oxygen atoms in total. The van der Waals surface area contributed by atoms with Crippen molar-refractivity contribution in [3.05, 3.63) is 36.0 Å². The Hall–Kier alpha value is -7.72. The molecular weight excluding hydrogens is 943 g/mol. The van der Waals surface area contributed by atoms with Gasteiger partial charge in [0.05, 0.1) is 38.5 Å². The summed E-state index contributed by atoms with van der Waals surface area (Å²) in [4.78, 5) is 155. The Kier molecular flexibility index (Phi) is 24.5. The molecule has 0 unspecified atom stereocenters. The monoisotopic (exact) mass is 1010 g/mol. The standard InChI is InChI=1S/C43H63N11O17/c1-4-20(2)35(42(69)53-30(19-55)43(70)71)54-41(68)27(13-22-17-46-25-10-6-5-9-23(22)25)49-31(56)18-47-38(65)28(15-33(59)60)51-36(63)21(3)48-40(67)29(16-34(61)62)52-39(66)26(11-7-8-12-44)50-37(64)24(45)14-32(57)58/h5-6,9-10,17,20-21,24,26-30,35,46,55H,4,7-8,11-16,18-19,44-45H2,1-3H3,(H,47,65)(H,48,67)(H,49,56)(H,50,64)(H,51,63)(H,52,66)(H,53,69)(H,54,68)(H,57,58)(H,59,60)(H,61,62)(H,70,71)/t20-,21-,24-,26-,27-,28-,29-,30-,35-/m0/s1. The number of hydrogen-bond acceptors (Lipinski definition) is 15. The summed E-state index contributed by atoms with van der Waals surface area (Å²) in [5.74, 6) is -15.3. The topological polar surface area (TPSA) is 470 Å². The van der Waals surface area contributed by atoms with Crippen molar-refractivity contribution in [1.82, 2.24) is 47.5 Å². The van der Waals surface area contributed by atoms with Gasteiger partial charge in [-0.25, -0.2) is 4.79 Å². The van der Waals surface area contributed by atoms with Gasteiger partial charge in [-0.15, -0.1) is 0 Å². The van der Waals surface area contributed by atoms with Gasteiger partial charge < -0.3 is 84.5 Å². The van der Waals surface area contributed by atoms with Gasteiger partial charge in [0.2, 0.25) is 47.3 Å². The van der Waals surface area contributed by atoms with Crippen LogP contribution >= 0.6 is 0 Å². The first kappa shape index (κ1) is 59.4. The summed E-state index contributed by atoms with van der Waals surface area (Å²) in [6.07, 6.45) is -0.648. The molecule has 392 valence electrons. The van der Waals surface area contributed by atoms with Crippen molar-refractivity contribution in [1.29, 1.82) is 0 Å². The highest BCUT2D eigenvalue weighted by molar-refractivity contribution is 5.99. The van der Waals surface area contributed by atoms with Crippen molar-refractivity contribution in [2.45, 2.75) is 120 Å². The number of aromatic nitrogens is 1. The highest BCUT2D eigenvalue weighted by Crippen LogP contribution is 2.20. The maximum Gasteiger partial charge on any atom is 0.328 e. The SMILES string of the molecule is CC[C@H](C)[C@H](NC(=O)[C@H](Cc1c[nH]c2ccccc12)NC(=O)CNC(=O)[C@H](CC(=O)O)NC(=O)[C@H](C)NC(=O)[C@H](CC(=O)O)NC(=O)[C@H](CCCCN)NC(=O)[C@@H](N)CC(=O)O)C(=O)N[C@@H](CO)C(=O)O. The van der Waals surface area contributed by atoms with Gasteiger partial charge in [0.25, 0.3) is 0 Å². The summed E-state index contributed by atoms with van der Waals surface area (Å²) in [5, 5.41) is 65.6. The number of carbonyl (C=O) groups excluding carboxylic acids is 8. The highest BCUT2D eigenvalue weighted by Gasteiger charge is 2.35. The highest BCUT2D eigenvalue weighted by atomic mass is 16.4. The maximum absolute atomic E-state index is 13.9. The molecule has 9 atom stereocenters. The van der Waals surface area contributed by atoms with E-state index in [4.69, 9.17) is 16.6 Å². The predicted molar refractivity (Wildman–Crippen MR) is 246 cm³/mol. The largest absolute Gasteiger partial charge is 0.481 e. The average molecular weight is 1010 g/mol. The van der Waals surface area contributed by atoms with Gasteiger partial charge in [-0.3, -0.25) is 52.7 Å². The second kappa shape index (κ2) is 29.3. The van der Waals surface area contributed by atoms with Crippen LogP contribution < -0.4 is 54.0 Å². The number of aromatic amines is 1. The van der Waals surface area contributed by atoms with E-state index in [1.54, 1.807) is 44.3 Å². The number of rotatable bonds is 32. The molecule has 0 aliphatic carbocycles. The number of nitrogens with two attached hydrogens (primary N) is 2. The minimum absolute atomic E-state index is 0.0894. The summed E-state index contributed by atoms with van der Waals surface area (Å²) < 4.78 is 0. The summed E-state index contributed by atoms with van der Waals surface area (Å²) in [5.41, 5.74) is 12.3. The third-order valence-corrected chi connectivity index (χ3v) is 10.9. The number of amides is 8. The molecule has 0 saturated carbocycles. The lowest BCUT2D eigenvalue weighted by Crippen LogP contribution is -2.59. The zero-order valence-corrected chi connectivity index (χ0v) is 39.2. The van der Waals surface area contributed by atoms with Gasteiger partial charge >= 0.3 is 23.9 Å². The van der Waals surface area contributed by atoms with Crippen LogP contribution in [0.2, 0.25) is 0 Å². The number of carbonyl (C=O) groups is 12. The van der Waals surface area contributed by atoms with E-state index < -0.39 is 158 Å². The van der Waals surface area contributed by atoms with E-state index in [1.807, 2.05) is 0 Å². The Morgan fingerprint density at radius 1 is 0.620 bits per heavy atom. The van der Waals surface area contributed by atoms with E-state index in [0.717, 1.165) is 6.92 Å². The Morgan fingerprint density at radius 3 is 1.75 bits per heavy atom. The van der Waals surface area contributed by atoms with Crippen molar-refractivity contribution in [2.24, 2.45) is 17.4 Å². The first-order chi connectivity index (χ1) is 33.4. The Bertz CT molecular complexity index is 2260. The number of unbranched alkanes of at least 4 members (excludes halogenated alkanes) is 1. The first-order valence-corrected chi connectivity index (χ1v) is 22.3. The Labute approximate surface area is 405 Å². The van der Waals surface area contributed by atoms with Crippen molar-refractivity contribution in [3.8, 4) is 0 Å². The van der Waals surface area contributed by atoms with Crippen LogP contribution in [0.3, 0.4) is 0 Å². The molecule has 0 spiro atoms. The number of carboxylic acid groups (broad SMARTS) is 4. The van der Waals surface area contributed by atoms with E-state index in [2.05, 4.69) is 47.5 Å². The fraction of sp³-hybridized carbons (Fsp3) is 0.535. The van der Waals surface area contributed by atoms with Crippen LogP contribution in [0.25, 0.3) is 10.9 Å². The quantitative estimate of drug-likeness (QED) is 0.0306. The van der Waals surface area contributed by atoms with Crippen LogP contribution in [0.1, 0.15) is 71.3 Å². The smallest absolute Gasteiger partial charge is 0.328 e. The summed E-state index contributed by atoms with van der Waals surface area (Å²) >= 11 is 0. The number of carboxylic acids is 4.